The molecule has 3 N–H and O–H groups in total. The third-order valence-electron chi connectivity index (χ3n) is 3.42. The van der Waals surface area contributed by atoms with E-state index >= 15 is 0 Å². The van der Waals surface area contributed by atoms with Crippen molar-refractivity contribution in [2.45, 2.75) is 27.2 Å². The molecule has 5 nitrogen and oxygen atoms in total. The molecular weight excluding hydrogens is 308 g/mol. The average Bonchev–Trinajstić information content (AvgIpc) is 2.45. The minimum atomic E-state index is -0.0995. The van der Waals surface area contributed by atoms with Gasteiger partial charge in [-0.2, -0.15) is 0 Å². The first-order chi connectivity index (χ1) is 10.8. The van der Waals surface area contributed by atoms with Crippen molar-refractivity contribution in [1.82, 2.24) is 15.5 Å². The molecule has 1 aromatic carbocycles. The van der Waals surface area contributed by atoms with E-state index in [0.29, 0.717) is 5.11 Å². The maximum atomic E-state index is 12.1. The number of benzene rings is 1. The first-order valence-corrected chi connectivity index (χ1v) is 8.24. The van der Waals surface area contributed by atoms with Crippen LogP contribution in [-0.4, -0.2) is 49.6 Å². The van der Waals surface area contributed by atoms with E-state index in [0.717, 1.165) is 36.3 Å². The van der Waals surface area contributed by atoms with Gasteiger partial charge in [0.15, 0.2) is 5.11 Å². The fourth-order valence-electron chi connectivity index (χ4n) is 2.38. The maximum Gasteiger partial charge on any atom is 0.243 e. The number of thiocarbonyl (C=S) groups is 1. The van der Waals surface area contributed by atoms with E-state index in [1.165, 1.54) is 5.56 Å². The van der Waals surface area contributed by atoms with Crippen LogP contribution in [0, 0.1) is 20.8 Å². The van der Waals surface area contributed by atoms with Crippen LogP contribution < -0.4 is 16.0 Å². The van der Waals surface area contributed by atoms with Gasteiger partial charge in [0, 0.05) is 12.2 Å². The Bertz CT molecular complexity index is 535. The Hall–Kier alpha value is -1.66. The van der Waals surface area contributed by atoms with E-state index in [1.54, 1.807) is 0 Å². The summed E-state index contributed by atoms with van der Waals surface area (Å²) >= 11 is 5.17. The maximum absolute atomic E-state index is 12.1. The lowest BCUT2D eigenvalue weighted by molar-refractivity contribution is -0.115. The second kappa shape index (κ2) is 9.47. The molecule has 0 fully saturated rings. The molecule has 0 saturated heterocycles. The minimum Gasteiger partial charge on any atom is -0.363 e. The van der Waals surface area contributed by atoms with Crippen LogP contribution in [0.4, 0.5) is 5.69 Å². The summed E-state index contributed by atoms with van der Waals surface area (Å²) in [6.07, 6.45) is 1.00. The van der Waals surface area contributed by atoms with E-state index in [1.807, 2.05) is 34.9 Å². The monoisotopic (exact) mass is 336 g/mol. The van der Waals surface area contributed by atoms with Crippen LogP contribution in [0.2, 0.25) is 0 Å². The number of nitrogens with zero attached hydrogens (tertiary/aromatic N) is 1. The van der Waals surface area contributed by atoms with Crippen LogP contribution in [0.5, 0.6) is 0 Å². The zero-order valence-corrected chi connectivity index (χ0v) is 15.6. The first kappa shape index (κ1) is 19.4. The number of carbonyl (C=O) groups excluding carboxylic acids is 1. The van der Waals surface area contributed by atoms with Crippen molar-refractivity contribution in [2.24, 2.45) is 0 Å². The molecule has 0 saturated carbocycles. The van der Waals surface area contributed by atoms with Crippen LogP contribution in [0.15, 0.2) is 12.1 Å². The molecule has 0 aromatic heterocycles. The number of hydrogen-bond acceptors (Lipinski definition) is 3. The lowest BCUT2D eigenvalue weighted by Gasteiger charge is -2.15. The molecular formula is C17H28N4OS. The van der Waals surface area contributed by atoms with E-state index in [-0.39, 0.29) is 12.5 Å². The van der Waals surface area contributed by atoms with Crippen molar-refractivity contribution < 1.29 is 4.79 Å². The van der Waals surface area contributed by atoms with E-state index < -0.39 is 0 Å². The molecule has 0 aliphatic rings. The quantitative estimate of drug-likeness (QED) is 0.525. The fourth-order valence-corrected chi connectivity index (χ4v) is 2.56. The van der Waals surface area contributed by atoms with Gasteiger partial charge in [-0.25, -0.2) is 0 Å². The molecule has 0 unspecified atom stereocenters. The second-order valence-corrected chi connectivity index (χ2v) is 6.50. The Labute approximate surface area is 144 Å². The van der Waals surface area contributed by atoms with Crippen molar-refractivity contribution in [3.05, 3.63) is 28.8 Å². The molecule has 0 atom stereocenters. The minimum absolute atomic E-state index is 0.0995. The summed E-state index contributed by atoms with van der Waals surface area (Å²) < 4.78 is 0. The molecule has 0 heterocycles. The summed E-state index contributed by atoms with van der Waals surface area (Å²) in [5.41, 5.74) is 4.21. The van der Waals surface area contributed by atoms with Gasteiger partial charge in [-0.15, -0.1) is 0 Å². The molecule has 0 spiro atoms. The van der Waals surface area contributed by atoms with Gasteiger partial charge in [0.25, 0.3) is 0 Å². The molecule has 0 bridgehead atoms. The molecule has 0 radical (unpaired) electrons. The van der Waals surface area contributed by atoms with Gasteiger partial charge >= 0.3 is 0 Å². The first-order valence-electron chi connectivity index (χ1n) is 7.83. The largest absolute Gasteiger partial charge is 0.363 e. The SMILES string of the molecule is Cc1cc(C)c(NC(=O)CNC(=S)NCCCN(C)C)c(C)c1. The summed E-state index contributed by atoms with van der Waals surface area (Å²) in [7, 11) is 4.08. The topological polar surface area (TPSA) is 56.4 Å². The number of amides is 1. The summed E-state index contributed by atoms with van der Waals surface area (Å²) in [5, 5.41) is 9.50. The van der Waals surface area contributed by atoms with Gasteiger partial charge < -0.3 is 20.9 Å². The van der Waals surface area contributed by atoms with Crippen molar-refractivity contribution in [1.29, 1.82) is 0 Å². The highest BCUT2D eigenvalue weighted by Crippen LogP contribution is 2.21. The molecule has 1 aromatic rings. The molecule has 1 rings (SSSR count). The predicted molar refractivity (Wildman–Crippen MR) is 101 cm³/mol. The van der Waals surface area contributed by atoms with Crippen molar-refractivity contribution in [3.63, 3.8) is 0 Å². The summed E-state index contributed by atoms with van der Waals surface area (Å²) in [6, 6.07) is 4.12. The normalized spacial score (nSPS) is 10.5. The molecule has 0 aliphatic carbocycles. The van der Waals surface area contributed by atoms with Crippen LogP contribution in [0.1, 0.15) is 23.1 Å². The van der Waals surface area contributed by atoms with Gasteiger partial charge in [-0.1, -0.05) is 17.7 Å². The molecule has 23 heavy (non-hydrogen) atoms. The van der Waals surface area contributed by atoms with Crippen LogP contribution in [-0.2, 0) is 4.79 Å². The summed E-state index contributed by atoms with van der Waals surface area (Å²) in [6.45, 7) is 8.00. The third-order valence-corrected chi connectivity index (χ3v) is 3.71. The van der Waals surface area contributed by atoms with Gasteiger partial charge in [0.05, 0.1) is 6.54 Å². The van der Waals surface area contributed by atoms with Crippen molar-refractivity contribution in [3.8, 4) is 0 Å². The molecule has 128 valence electrons. The lowest BCUT2D eigenvalue weighted by Crippen LogP contribution is -2.40. The Morgan fingerprint density at radius 1 is 1.13 bits per heavy atom. The predicted octanol–water partition coefficient (Wildman–Crippen LogP) is 1.97. The lowest BCUT2D eigenvalue weighted by atomic mass is 10.1. The Kier molecular flexibility index (Phi) is 7.98. The van der Waals surface area contributed by atoms with Crippen molar-refractivity contribution >= 4 is 28.9 Å². The van der Waals surface area contributed by atoms with Gasteiger partial charge in [-0.3, -0.25) is 4.79 Å². The number of carbonyl (C=O) groups is 1. The number of hydrogen-bond donors (Lipinski definition) is 3. The number of anilines is 1. The van der Waals surface area contributed by atoms with Gasteiger partial charge in [0.2, 0.25) is 5.91 Å². The Morgan fingerprint density at radius 2 is 1.74 bits per heavy atom. The van der Waals surface area contributed by atoms with Gasteiger partial charge in [-0.05, 0) is 71.2 Å². The summed E-state index contributed by atoms with van der Waals surface area (Å²) in [5.74, 6) is -0.0995. The Morgan fingerprint density at radius 3 is 2.30 bits per heavy atom. The molecule has 1 amide bonds. The van der Waals surface area contributed by atoms with Crippen molar-refractivity contribution in [2.75, 3.05) is 39.0 Å². The van der Waals surface area contributed by atoms with E-state index in [4.69, 9.17) is 12.2 Å². The number of rotatable bonds is 7. The molecule has 0 aliphatic heterocycles. The smallest absolute Gasteiger partial charge is 0.243 e. The summed E-state index contributed by atoms with van der Waals surface area (Å²) in [4.78, 5) is 14.2. The Balaban J connectivity index is 2.36. The zero-order chi connectivity index (χ0) is 17.4. The highest BCUT2D eigenvalue weighted by atomic mass is 32.1. The van der Waals surface area contributed by atoms with Crippen LogP contribution in [0.3, 0.4) is 0 Å². The van der Waals surface area contributed by atoms with E-state index in [9.17, 15) is 4.79 Å². The van der Waals surface area contributed by atoms with E-state index in [2.05, 4.69) is 33.0 Å². The van der Waals surface area contributed by atoms with Gasteiger partial charge in [0.1, 0.15) is 0 Å². The third kappa shape index (κ3) is 7.43. The second-order valence-electron chi connectivity index (χ2n) is 6.09. The zero-order valence-electron chi connectivity index (χ0n) is 14.7. The highest BCUT2D eigenvalue weighted by molar-refractivity contribution is 7.80. The number of nitrogens with one attached hydrogen (secondary N) is 3. The highest BCUT2D eigenvalue weighted by Gasteiger charge is 2.08. The van der Waals surface area contributed by atoms with Crippen LogP contribution >= 0.6 is 12.2 Å². The standard InChI is InChI=1S/C17H28N4OS/c1-12-9-13(2)16(14(3)10-12)20-15(22)11-19-17(23)18-7-6-8-21(4)5/h9-10H,6-8,11H2,1-5H3,(H,20,22)(H2,18,19,23). The molecule has 6 heteroatoms. The van der Waals surface area contributed by atoms with Crippen LogP contribution in [0.25, 0.3) is 0 Å². The fraction of sp³-hybridized carbons (Fsp3) is 0.529. The average molecular weight is 337 g/mol. The number of aryl methyl sites for hydroxylation is 3.